The lowest BCUT2D eigenvalue weighted by molar-refractivity contribution is 0.0341. The van der Waals surface area contributed by atoms with E-state index in [1.54, 1.807) is 54.5 Å². The number of benzene rings is 4. The topological polar surface area (TPSA) is 103 Å². The van der Waals surface area contributed by atoms with Crippen molar-refractivity contribution in [3.63, 3.8) is 0 Å². The van der Waals surface area contributed by atoms with E-state index in [9.17, 15) is 14.7 Å². The molecule has 3 atom stereocenters. The van der Waals surface area contributed by atoms with E-state index in [1.165, 1.54) is 16.7 Å². The highest BCUT2D eigenvalue weighted by Crippen LogP contribution is 2.31. The van der Waals surface area contributed by atoms with Gasteiger partial charge in [-0.1, -0.05) is 61.5 Å². The predicted octanol–water partition coefficient (Wildman–Crippen LogP) is 6.36. The number of ether oxygens (including phenoxy) is 2. The van der Waals surface area contributed by atoms with Crippen molar-refractivity contribution in [2.24, 2.45) is 5.92 Å². The summed E-state index contributed by atoms with van der Waals surface area (Å²) in [7, 11) is 3.64. The van der Waals surface area contributed by atoms with Crippen molar-refractivity contribution in [2.45, 2.75) is 32.5 Å². The molecule has 1 aliphatic rings. The highest BCUT2D eigenvalue weighted by molar-refractivity contribution is 6.02. The fourth-order valence-corrected chi connectivity index (χ4v) is 5.60. The molecular weight excluding hydrogens is 580 g/mol. The van der Waals surface area contributed by atoms with Crippen molar-refractivity contribution in [1.29, 1.82) is 0 Å². The Morgan fingerprint density at radius 1 is 0.978 bits per heavy atom. The molecule has 4 aromatic rings. The van der Waals surface area contributed by atoms with Crippen LogP contribution in [0.2, 0.25) is 0 Å². The number of amides is 3. The van der Waals surface area contributed by atoms with E-state index in [0.717, 1.165) is 6.54 Å². The van der Waals surface area contributed by atoms with Gasteiger partial charge in [0.15, 0.2) is 0 Å². The third-order valence-corrected chi connectivity index (χ3v) is 8.28. The van der Waals surface area contributed by atoms with Crippen LogP contribution in [0.25, 0.3) is 11.1 Å². The number of aliphatic hydroxyl groups excluding tert-OH is 1. The lowest BCUT2D eigenvalue weighted by Crippen LogP contribution is -2.49. The maximum atomic E-state index is 13.8. The summed E-state index contributed by atoms with van der Waals surface area (Å²) < 4.78 is 11.7. The molecule has 0 unspecified atom stereocenters. The van der Waals surface area contributed by atoms with Crippen LogP contribution in [-0.2, 0) is 6.54 Å². The minimum atomic E-state index is -0.449. The van der Waals surface area contributed by atoms with E-state index in [2.05, 4.69) is 65.9 Å². The van der Waals surface area contributed by atoms with Crippen molar-refractivity contribution in [3.05, 3.63) is 108 Å². The summed E-state index contributed by atoms with van der Waals surface area (Å²) >= 11 is 0. The van der Waals surface area contributed by atoms with E-state index in [-0.39, 0.29) is 24.5 Å². The van der Waals surface area contributed by atoms with Gasteiger partial charge in [-0.15, -0.1) is 0 Å². The Morgan fingerprint density at radius 2 is 1.63 bits per heavy atom. The molecule has 0 fully saturated rings. The first-order chi connectivity index (χ1) is 22.2. The Bertz CT molecular complexity index is 1610. The quantitative estimate of drug-likeness (QED) is 0.190. The number of carbonyl (C=O) groups is 2. The summed E-state index contributed by atoms with van der Waals surface area (Å²) in [4.78, 5) is 30.5. The SMILES string of the molecule is COc1ccc(NC(=O)Nc2ccc3c(c2)C(=O)N([C@@H](C)CO)C[C@@H](C)[C@@H](CN(C)Cc2ccc(-c4ccccc4)cc2)O3)cc1. The third kappa shape index (κ3) is 8.04. The van der Waals surface area contributed by atoms with Crippen LogP contribution in [0.3, 0.4) is 0 Å². The molecule has 0 radical (unpaired) electrons. The Morgan fingerprint density at radius 3 is 2.30 bits per heavy atom. The number of likely N-dealkylation sites (N-methyl/N-ethyl adjacent to an activating group) is 1. The second-order valence-electron chi connectivity index (χ2n) is 11.9. The molecule has 1 aliphatic heterocycles. The summed E-state index contributed by atoms with van der Waals surface area (Å²) in [6.45, 7) is 5.51. The first-order valence-electron chi connectivity index (χ1n) is 15.5. The molecule has 3 N–H and O–H groups in total. The van der Waals surface area contributed by atoms with Gasteiger partial charge in [-0.25, -0.2) is 4.79 Å². The van der Waals surface area contributed by atoms with Crippen LogP contribution in [0, 0.1) is 5.92 Å². The van der Waals surface area contributed by atoms with Gasteiger partial charge < -0.3 is 30.1 Å². The van der Waals surface area contributed by atoms with Crippen molar-refractivity contribution in [2.75, 3.05) is 44.5 Å². The fraction of sp³-hybridized carbons (Fsp3) is 0.297. The lowest BCUT2D eigenvalue weighted by atomic mass is 9.99. The van der Waals surface area contributed by atoms with Crippen LogP contribution < -0.4 is 20.1 Å². The number of methoxy groups -OCH3 is 1. The molecule has 240 valence electrons. The van der Waals surface area contributed by atoms with Crippen molar-refractivity contribution in [3.8, 4) is 22.6 Å². The van der Waals surface area contributed by atoms with Gasteiger partial charge in [0.1, 0.15) is 17.6 Å². The number of aliphatic hydroxyl groups is 1. The first-order valence-corrected chi connectivity index (χ1v) is 15.5. The minimum Gasteiger partial charge on any atom is -0.497 e. The molecule has 9 heteroatoms. The summed E-state index contributed by atoms with van der Waals surface area (Å²) in [6.07, 6.45) is -0.231. The zero-order valence-electron chi connectivity index (χ0n) is 26.8. The third-order valence-electron chi connectivity index (χ3n) is 8.28. The van der Waals surface area contributed by atoms with Crippen LogP contribution in [0.1, 0.15) is 29.8 Å². The summed E-state index contributed by atoms with van der Waals surface area (Å²) in [5.74, 6) is 0.859. The Kier molecular flexibility index (Phi) is 10.6. The largest absolute Gasteiger partial charge is 0.497 e. The van der Waals surface area contributed by atoms with E-state index in [1.807, 2.05) is 25.1 Å². The number of urea groups is 1. The Hall–Kier alpha value is -4.86. The Balaban J connectivity index is 1.31. The fourth-order valence-electron chi connectivity index (χ4n) is 5.60. The van der Waals surface area contributed by atoms with Crippen molar-refractivity contribution in [1.82, 2.24) is 9.80 Å². The highest BCUT2D eigenvalue weighted by atomic mass is 16.5. The van der Waals surface area contributed by atoms with Crippen LogP contribution in [0.15, 0.2) is 97.1 Å². The average Bonchev–Trinajstić information content (AvgIpc) is 3.07. The van der Waals surface area contributed by atoms with Crippen LogP contribution in [0.5, 0.6) is 11.5 Å². The zero-order valence-corrected chi connectivity index (χ0v) is 26.8. The number of rotatable bonds is 10. The van der Waals surface area contributed by atoms with E-state index < -0.39 is 12.1 Å². The van der Waals surface area contributed by atoms with E-state index in [0.29, 0.717) is 41.5 Å². The maximum absolute atomic E-state index is 13.8. The van der Waals surface area contributed by atoms with Gasteiger partial charge in [-0.05, 0) is 73.1 Å². The molecule has 0 saturated carbocycles. The number of fused-ring (bicyclic) bond motifs is 1. The van der Waals surface area contributed by atoms with Gasteiger partial charge in [-0.3, -0.25) is 9.69 Å². The molecule has 5 rings (SSSR count). The standard InChI is InChI=1S/C37H42N4O5/c1-25-21-41(26(2)24-42)36(43)33-20-31(39-37(44)38-30-14-17-32(45-4)18-15-30)16-19-34(33)46-35(25)23-40(3)22-27-10-12-29(13-11-27)28-8-6-5-7-9-28/h5-20,25-26,35,42H,21-24H2,1-4H3,(H2,38,39,44)/t25-,26+,35-/m1/s1. The van der Waals surface area contributed by atoms with Crippen molar-refractivity contribution >= 4 is 23.3 Å². The maximum Gasteiger partial charge on any atom is 0.323 e. The van der Waals surface area contributed by atoms with Gasteiger partial charge in [0.25, 0.3) is 5.91 Å². The molecule has 0 saturated heterocycles. The molecule has 9 nitrogen and oxygen atoms in total. The zero-order chi connectivity index (χ0) is 32.6. The molecule has 4 aromatic carbocycles. The monoisotopic (exact) mass is 622 g/mol. The van der Waals surface area contributed by atoms with Gasteiger partial charge >= 0.3 is 6.03 Å². The van der Waals surface area contributed by atoms with E-state index in [4.69, 9.17) is 9.47 Å². The predicted molar refractivity (Wildman–Crippen MR) is 181 cm³/mol. The summed E-state index contributed by atoms with van der Waals surface area (Å²) in [6, 6.07) is 30.1. The number of hydrogen-bond acceptors (Lipinski definition) is 6. The van der Waals surface area contributed by atoms with Gasteiger partial charge in [-0.2, -0.15) is 0 Å². The van der Waals surface area contributed by atoms with Gasteiger partial charge in [0.2, 0.25) is 0 Å². The molecule has 0 spiro atoms. The number of nitrogens with zero attached hydrogens (tertiary/aromatic N) is 2. The van der Waals surface area contributed by atoms with Crippen LogP contribution in [0.4, 0.5) is 16.2 Å². The second kappa shape index (κ2) is 14.9. The molecule has 46 heavy (non-hydrogen) atoms. The van der Waals surface area contributed by atoms with E-state index >= 15 is 0 Å². The van der Waals surface area contributed by atoms with Crippen LogP contribution in [-0.4, -0.2) is 72.8 Å². The first kappa shape index (κ1) is 32.5. The number of carbonyl (C=O) groups excluding carboxylic acids is 2. The number of nitrogens with one attached hydrogen (secondary N) is 2. The normalized spacial score (nSPS) is 16.9. The summed E-state index contributed by atoms with van der Waals surface area (Å²) in [5.41, 5.74) is 4.93. The molecular formula is C37H42N4O5. The smallest absolute Gasteiger partial charge is 0.323 e. The molecule has 0 bridgehead atoms. The molecule has 3 amide bonds. The highest BCUT2D eigenvalue weighted by Gasteiger charge is 2.33. The van der Waals surface area contributed by atoms with Crippen LogP contribution >= 0.6 is 0 Å². The number of hydrogen-bond donors (Lipinski definition) is 3. The molecule has 1 heterocycles. The molecule has 0 aliphatic carbocycles. The van der Waals surface area contributed by atoms with Gasteiger partial charge in [0.05, 0.1) is 25.3 Å². The van der Waals surface area contributed by atoms with Gasteiger partial charge in [0, 0.05) is 36.9 Å². The lowest BCUT2D eigenvalue weighted by Gasteiger charge is -2.38. The summed E-state index contributed by atoms with van der Waals surface area (Å²) in [5, 5.41) is 15.6. The minimum absolute atomic E-state index is 0.0120. The number of anilines is 2. The Labute approximate surface area is 270 Å². The molecule has 0 aromatic heterocycles. The average molecular weight is 623 g/mol. The van der Waals surface area contributed by atoms with Crippen molar-refractivity contribution < 1.29 is 24.2 Å². The second-order valence-corrected chi connectivity index (χ2v) is 11.9.